The molecule has 146 valence electrons. The zero-order chi connectivity index (χ0) is 19.4. The molecule has 1 atom stereocenters. The number of aryl methyl sites for hydroxylation is 1. The van der Waals surface area contributed by atoms with E-state index in [9.17, 15) is 15.0 Å². The van der Waals surface area contributed by atoms with Crippen LogP contribution in [-0.2, 0) is 18.4 Å². The first-order valence-electron chi connectivity index (χ1n) is 9.15. The van der Waals surface area contributed by atoms with E-state index in [0.717, 1.165) is 24.2 Å². The molecule has 8 heteroatoms. The van der Waals surface area contributed by atoms with E-state index in [-0.39, 0.29) is 25.0 Å². The summed E-state index contributed by atoms with van der Waals surface area (Å²) in [7, 11) is 1.84. The minimum Gasteiger partial charge on any atom is -0.490 e. The van der Waals surface area contributed by atoms with Crippen LogP contribution < -0.4 is 4.74 Å². The molecule has 1 amide bonds. The number of piperidine rings is 1. The number of likely N-dealkylation sites (tertiary alicyclic amines) is 1. The van der Waals surface area contributed by atoms with E-state index in [1.165, 1.54) is 0 Å². The van der Waals surface area contributed by atoms with E-state index in [1.54, 1.807) is 4.90 Å². The van der Waals surface area contributed by atoms with Gasteiger partial charge in [0.2, 0.25) is 0 Å². The lowest BCUT2D eigenvalue weighted by atomic mass is 9.95. The molecule has 1 fully saturated rings. The summed E-state index contributed by atoms with van der Waals surface area (Å²) in [5, 5.41) is 27.6. The zero-order valence-electron chi connectivity index (χ0n) is 15.7. The molecule has 3 rings (SSSR count). The number of nitrogens with zero attached hydrogens (tertiary/aromatic N) is 4. The molecule has 2 N–H and O–H groups in total. The molecular formula is C19H26N4O4. The first-order chi connectivity index (χ1) is 13.0. The van der Waals surface area contributed by atoms with Crippen LogP contribution in [0.2, 0.25) is 0 Å². The van der Waals surface area contributed by atoms with E-state index >= 15 is 0 Å². The van der Waals surface area contributed by atoms with Gasteiger partial charge in [0.1, 0.15) is 24.8 Å². The second-order valence-electron chi connectivity index (χ2n) is 6.88. The second-order valence-corrected chi connectivity index (χ2v) is 6.88. The van der Waals surface area contributed by atoms with Crippen LogP contribution >= 0.6 is 0 Å². The standard InChI is InChI=1S/C19H26N4O4/c1-13-5-3-4-6-16(13)27-12-15(25)19(26)23-9-7-14(8-10-23)18-21-20-17(11-24)22(18)2/h3-6,14-15,24-25H,7-12H2,1-2H3. The van der Waals surface area contributed by atoms with E-state index in [4.69, 9.17) is 4.74 Å². The molecule has 1 aromatic heterocycles. The summed E-state index contributed by atoms with van der Waals surface area (Å²) < 4.78 is 7.40. The summed E-state index contributed by atoms with van der Waals surface area (Å²) in [6.45, 7) is 2.81. The average Bonchev–Trinajstić information content (AvgIpc) is 3.07. The monoisotopic (exact) mass is 374 g/mol. The van der Waals surface area contributed by atoms with Gasteiger partial charge in [-0.1, -0.05) is 18.2 Å². The Kier molecular flexibility index (Phi) is 6.08. The fraction of sp³-hybridized carbons (Fsp3) is 0.526. The molecule has 0 spiro atoms. The van der Waals surface area contributed by atoms with Gasteiger partial charge in [0.25, 0.3) is 5.91 Å². The molecule has 1 aliphatic heterocycles. The highest BCUT2D eigenvalue weighted by Gasteiger charge is 2.30. The maximum atomic E-state index is 12.5. The van der Waals surface area contributed by atoms with Gasteiger partial charge in [-0.3, -0.25) is 4.79 Å². The smallest absolute Gasteiger partial charge is 0.254 e. The topological polar surface area (TPSA) is 101 Å². The molecule has 0 bridgehead atoms. The molecule has 1 aliphatic rings. The molecule has 0 radical (unpaired) electrons. The van der Waals surface area contributed by atoms with Crippen molar-refractivity contribution in [2.24, 2.45) is 7.05 Å². The van der Waals surface area contributed by atoms with Crippen molar-refractivity contribution in [3.05, 3.63) is 41.5 Å². The number of hydrogen-bond donors (Lipinski definition) is 2. The van der Waals surface area contributed by atoms with E-state index in [0.29, 0.717) is 24.7 Å². The number of carbonyl (C=O) groups excluding carboxylic acids is 1. The summed E-state index contributed by atoms with van der Waals surface area (Å²) in [4.78, 5) is 14.2. The van der Waals surface area contributed by atoms with E-state index in [2.05, 4.69) is 10.2 Å². The second kappa shape index (κ2) is 8.49. The highest BCUT2D eigenvalue weighted by Crippen LogP contribution is 2.27. The molecule has 1 saturated heterocycles. The van der Waals surface area contributed by atoms with Gasteiger partial charge in [-0.2, -0.15) is 0 Å². The van der Waals surface area contributed by atoms with Crippen molar-refractivity contribution in [1.29, 1.82) is 0 Å². The van der Waals surface area contributed by atoms with E-state index < -0.39 is 6.10 Å². The average molecular weight is 374 g/mol. The number of ether oxygens (including phenoxy) is 1. The van der Waals surface area contributed by atoms with Crippen LogP contribution in [0.15, 0.2) is 24.3 Å². The van der Waals surface area contributed by atoms with Crippen LogP contribution in [0.3, 0.4) is 0 Å². The quantitative estimate of drug-likeness (QED) is 0.774. The highest BCUT2D eigenvalue weighted by atomic mass is 16.5. The van der Waals surface area contributed by atoms with Crippen LogP contribution in [-0.4, -0.2) is 61.6 Å². The number of rotatable bonds is 6. The molecule has 2 aromatic rings. The number of amides is 1. The lowest BCUT2D eigenvalue weighted by Gasteiger charge is -2.32. The molecule has 1 unspecified atom stereocenters. The Hall–Kier alpha value is -2.45. The number of carbonyl (C=O) groups is 1. The first-order valence-corrected chi connectivity index (χ1v) is 9.15. The number of para-hydroxylation sites is 1. The molecule has 1 aromatic carbocycles. The third kappa shape index (κ3) is 4.28. The SMILES string of the molecule is Cc1ccccc1OCC(O)C(=O)N1CCC(c2nnc(CO)n2C)CC1. The third-order valence-corrected chi connectivity index (χ3v) is 5.09. The summed E-state index contributed by atoms with van der Waals surface area (Å²) in [5.41, 5.74) is 0.962. The van der Waals surface area contributed by atoms with Gasteiger partial charge in [-0.05, 0) is 31.4 Å². The predicted molar refractivity (Wildman–Crippen MR) is 98.2 cm³/mol. The summed E-state index contributed by atoms with van der Waals surface area (Å²) >= 11 is 0. The van der Waals surface area contributed by atoms with Gasteiger partial charge in [0.15, 0.2) is 11.9 Å². The van der Waals surface area contributed by atoms with Crippen LogP contribution in [0, 0.1) is 6.92 Å². The van der Waals surface area contributed by atoms with Crippen LogP contribution in [0.1, 0.15) is 36.0 Å². The fourth-order valence-electron chi connectivity index (χ4n) is 3.40. The molecule has 0 aliphatic carbocycles. The van der Waals surface area contributed by atoms with Gasteiger partial charge in [-0.15, -0.1) is 10.2 Å². The molecule has 2 heterocycles. The van der Waals surface area contributed by atoms with Crippen molar-refractivity contribution < 1.29 is 19.7 Å². The number of aliphatic hydroxyl groups excluding tert-OH is 2. The normalized spacial score (nSPS) is 16.4. The number of benzene rings is 1. The number of aliphatic hydroxyl groups is 2. The Morgan fingerprint density at radius 3 is 2.63 bits per heavy atom. The Morgan fingerprint density at radius 1 is 1.30 bits per heavy atom. The Morgan fingerprint density at radius 2 is 2.00 bits per heavy atom. The predicted octanol–water partition coefficient (Wildman–Crippen LogP) is 0.762. The Balaban J connectivity index is 1.51. The largest absolute Gasteiger partial charge is 0.490 e. The zero-order valence-corrected chi connectivity index (χ0v) is 15.7. The van der Waals surface area contributed by atoms with Gasteiger partial charge >= 0.3 is 0 Å². The van der Waals surface area contributed by atoms with E-state index in [1.807, 2.05) is 42.8 Å². The maximum absolute atomic E-state index is 12.5. The molecule has 27 heavy (non-hydrogen) atoms. The van der Waals surface area contributed by atoms with Gasteiger partial charge < -0.3 is 24.4 Å². The van der Waals surface area contributed by atoms with Gasteiger partial charge in [0.05, 0.1) is 0 Å². The van der Waals surface area contributed by atoms with Crippen molar-refractivity contribution in [2.45, 2.75) is 38.4 Å². The fourth-order valence-corrected chi connectivity index (χ4v) is 3.40. The van der Waals surface area contributed by atoms with Gasteiger partial charge in [0, 0.05) is 26.1 Å². The minimum atomic E-state index is -1.18. The Labute approximate surface area is 158 Å². The van der Waals surface area contributed by atoms with Crippen molar-refractivity contribution in [3.8, 4) is 5.75 Å². The lowest BCUT2D eigenvalue weighted by Crippen LogP contribution is -2.45. The third-order valence-electron chi connectivity index (χ3n) is 5.09. The summed E-state index contributed by atoms with van der Waals surface area (Å²) in [6, 6.07) is 7.51. The molecular weight excluding hydrogens is 348 g/mol. The van der Waals surface area contributed by atoms with Crippen molar-refractivity contribution in [1.82, 2.24) is 19.7 Å². The van der Waals surface area contributed by atoms with Crippen LogP contribution in [0.5, 0.6) is 5.75 Å². The molecule has 8 nitrogen and oxygen atoms in total. The minimum absolute atomic E-state index is 0.0627. The Bertz CT molecular complexity index is 784. The van der Waals surface area contributed by atoms with Gasteiger partial charge in [-0.25, -0.2) is 0 Å². The summed E-state index contributed by atoms with van der Waals surface area (Å²) in [6.07, 6.45) is 0.306. The van der Waals surface area contributed by atoms with Crippen LogP contribution in [0.25, 0.3) is 0 Å². The van der Waals surface area contributed by atoms with Crippen molar-refractivity contribution in [3.63, 3.8) is 0 Å². The number of aromatic nitrogens is 3. The maximum Gasteiger partial charge on any atom is 0.254 e. The van der Waals surface area contributed by atoms with Crippen molar-refractivity contribution in [2.75, 3.05) is 19.7 Å². The lowest BCUT2D eigenvalue weighted by molar-refractivity contribution is -0.142. The number of hydrogen-bond acceptors (Lipinski definition) is 6. The molecule has 0 saturated carbocycles. The highest BCUT2D eigenvalue weighted by molar-refractivity contribution is 5.81. The van der Waals surface area contributed by atoms with Crippen molar-refractivity contribution >= 4 is 5.91 Å². The van der Waals surface area contributed by atoms with Crippen LogP contribution in [0.4, 0.5) is 0 Å². The summed E-state index contributed by atoms with van der Waals surface area (Å²) in [5.74, 6) is 1.91. The first kappa shape index (κ1) is 19.3.